The number of carbonyl (C=O) groups is 1. The van der Waals surface area contributed by atoms with Crippen molar-refractivity contribution in [1.29, 1.82) is 0 Å². The second kappa shape index (κ2) is 6.29. The van der Waals surface area contributed by atoms with Crippen LogP contribution in [0.3, 0.4) is 0 Å². The third-order valence-electron chi connectivity index (χ3n) is 2.57. The molecule has 1 aromatic rings. The minimum Gasteiger partial charge on any atom is -0.444 e. The molecule has 0 radical (unpaired) electrons. The van der Waals surface area contributed by atoms with E-state index in [-0.39, 0.29) is 12.0 Å². The molecule has 106 valence electrons. The number of alkyl carbamates (subject to hydrolysis) is 1. The Bertz CT molecular complexity index is 421. The summed E-state index contributed by atoms with van der Waals surface area (Å²) < 4.78 is 5.29. The zero-order valence-corrected chi connectivity index (χ0v) is 12.9. The van der Waals surface area contributed by atoms with Crippen molar-refractivity contribution in [1.82, 2.24) is 5.32 Å². The van der Waals surface area contributed by atoms with Gasteiger partial charge in [-0.2, -0.15) is 0 Å². The van der Waals surface area contributed by atoms with E-state index in [1.165, 1.54) is 0 Å². The molecular formula is C15H22ClNO2. The number of hydrogen-bond donors (Lipinski definition) is 1. The quantitative estimate of drug-likeness (QED) is 0.883. The van der Waals surface area contributed by atoms with Crippen LogP contribution in [0.4, 0.5) is 4.79 Å². The molecule has 0 saturated heterocycles. The fourth-order valence-electron chi connectivity index (χ4n) is 1.74. The molecule has 0 aliphatic heterocycles. The summed E-state index contributed by atoms with van der Waals surface area (Å²) in [6.07, 6.45) is -0.402. The lowest BCUT2D eigenvalue weighted by Crippen LogP contribution is -2.36. The minimum atomic E-state index is -0.494. The van der Waals surface area contributed by atoms with E-state index in [1.807, 2.05) is 45.0 Å². The monoisotopic (exact) mass is 283 g/mol. The summed E-state index contributed by atoms with van der Waals surface area (Å²) in [5, 5.41) is 3.59. The highest BCUT2D eigenvalue weighted by Crippen LogP contribution is 2.23. The van der Waals surface area contributed by atoms with Gasteiger partial charge in [-0.15, -0.1) is 0 Å². The summed E-state index contributed by atoms with van der Waals surface area (Å²) in [4.78, 5) is 11.9. The topological polar surface area (TPSA) is 38.3 Å². The average molecular weight is 284 g/mol. The molecule has 1 rings (SSSR count). The molecule has 0 saturated carbocycles. The fraction of sp³-hybridized carbons (Fsp3) is 0.533. The molecule has 1 atom stereocenters. The molecule has 0 spiro atoms. The summed E-state index contributed by atoms with van der Waals surface area (Å²) in [6, 6.07) is 7.40. The Morgan fingerprint density at radius 1 is 1.21 bits per heavy atom. The fourth-order valence-corrected chi connectivity index (χ4v) is 1.87. The summed E-state index contributed by atoms with van der Waals surface area (Å²) in [5.74, 6) is 0.258. The van der Waals surface area contributed by atoms with Gasteiger partial charge in [0.05, 0.1) is 6.04 Å². The molecule has 0 bridgehead atoms. The van der Waals surface area contributed by atoms with Crippen LogP contribution < -0.4 is 5.32 Å². The van der Waals surface area contributed by atoms with Crippen molar-refractivity contribution >= 4 is 17.7 Å². The molecule has 0 aromatic heterocycles. The first-order chi connectivity index (χ1) is 8.69. The van der Waals surface area contributed by atoms with Gasteiger partial charge in [0.2, 0.25) is 0 Å². The average Bonchev–Trinajstić information content (AvgIpc) is 2.24. The van der Waals surface area contributed by atoms with Gasteiger partial charge in [-0.3, -0.25) is 0 Å². The number of nitrogens with one attached hydrogen (secondary N) is 1. The number of carbonyl (C=O) groups excluding carboxylic acids is 1. The van der Waals surface area contributed by atoms with Gasteiger partial charge in [-0.1, -0.05) is 37.6 Å². The molecule has 0 aliphatic carbocycles. The van der Waals surface area contributed by atoms with E-state index in [0.717, 1.165) is 5.56 Å². The Kier molecular flexibility index (Phi) is 5.24. The van der Waals surface area contributed by atoms with E-state index in [2.05, 4.69) is 19.2 Å². The first-order valence-electron chi connectivity index (χ1n) is 6.44. The molecule has 0 heterocycles. The Morgan fingerprint density at radius 3 is 2.16 bits per heavy atom. The molecule has 4 heteroatoms. The predicted molar refractivity (Wildman–Crippen MR) is 78.4 cm³/mol. The molecule has 1 amide bonds. The molecule has 3 nitrogen and oxygen atoms in total. The van der Waals surface area contributed by atoms with E-state index in [9.17, 15) is 4.79 Å². The highest BCUT2D eigenvalue weighted by molar-refractivity contribution is 6.30. The lowest BCUT2D eigenvalue weighted by molar-refractivity contribution is 0.0489. The molecule has 1 aromatic carbocycles. The Labute approximate surface area is 120 Å². The van der Waals surface area contributed by atoms with Gasteiger partial charge in [0.15, 0.2) is 0 Å². The summed E-state index contributed by atoms with van der Waals surface area (Å²) in [7, 11) is 0. The van der Waals surface area contributed by atoms with E-state index in [4.69, 9.17) is 16.3 Å². The van der Waals surface area contributed by atoms with E-state index in [0.29, 0.717) is 5.02 Å². The van der Waals surface area contributed by atoms with Crippen molar-refractivity contribution in [3.63, 3.8) is 0 Å². The standard InChI is InChI=1S/C15H22ClNO2/c1-10(2)13(11-6-8-12(16)9-7-11)17-14(18)19-15(3,4)5/h6-10,13H,1-5H3,(H,17,18). The Morgan fingerprint density at radius 2 is 1.74 bits per heavy atom. The highest BCUT2D eigenvalue weighted by Gasteiger charge is 2.22. The number of benzene rings is 1. The maximum absolute atomic E-state index is 11.9. The van der Waals surface area contributed by atoms with Gasteiger partial charge in [0.1, 0.15) is 5.60 Å². The van der Waals surface area contributed by atoms with Gasteiger partial charge in [-0.25, -0.2) is 4.79 Å². The Balaban J connectivity index is 2.79. The van der Waals surface area contributed by atoms with Gasteiger partial charge in [0.25, 0.3) is 0 Å². The van der Waals surface area contributed by atoms with Crippen LogP contribution in [0.25, 0.3) is 0 Å². The van der Waals surface area contributed by atoms with Crippen molar-refractivity contribution in [2.45, 2.75) is 46.3 Å². The number of rotatable bonds is 3. The number of amides is 1. The first kappa shape index (κ1) is 15.8. The highest BCUT2D eigenvalue weighted by atomic mass is 35.5. The zero-order chi connectivity index (χ0) is 14.6. The van der Waals surface area contributed by atoms with Crippen molar-refractivity contribution in [3.8, 4) is 0 Å². The van der Waals surface area contributed by atoms with Crippen LogP contribution >= 0.6 is 11.6 Å². The second-order valence-corrected chi connectivity index (χ2v) is 6.36. The van der Waals surface area contributed by atoms with Crippen molar-refractivity contribution in [2.75, 3.05) is 0 Å². The molecule has 0 aliphatic rings. The third-order valence-corrected chi connectivity index (χ3v) is 2.82. The smallest absolute Gasteiger partial charge is 0.408 e. The van der Waals surface area contributed by atoms with Crippen LogP contribution in [0.2, 0.25) is 5.02 Å². The summed E-state index contributed by atoms with van der Waals surface area (Å²) in [5.41, 5.74) is 0.524. The molecular weight excluding hydrogens is 262 g/mol. The normalized spacial score (nSPS) is 13.2. The van der Waals surface area contributed by atoms with Crippen LogP contribution in [-0.2, 0) is 4.74 Å². The van der Waals surface area contributed by atoms with E-state index < -0.39 is 11.7 Å². The second-order valence-electron chi connectivity index (χ2n) is 5.92. The van der Waals surface area contributed by atoms with Crippen LogP contribution in [0.5, 0.6) is 0 Å². The first-order valence-corrected chi connectivity index (χ1v) is 6.82. The molecule has 1 N–H and O–H groups in total. The summed E-state index contributed by atoms with van der Waals surface area (Å²) >= 11 is 5.88. The molecule has 1 unspecified atom stereocenters. The van der Waals surface area contributed by atoms with E-state index in [1.54, 1.807) is 0 Å². The van der Waals surface area contributed by atoms with Crippen LogP contribution in [0.1, 0.15) is 46.2 Å². The van der Waals surface area contributed by atoms with Crippen LogP contribution in [0.15, 0.2) is 24.3 Å². The van der Waals surface area contributed by atoms with Crippen molar-refractivity contribution in [2.24, 2.45) is 5.92 Å². The van der Waals surface area contributed by atoms with Gasteiger partial charge in [0, 0.05) is 5.02 Å². The summed E-state index contributed by atoms with van der Waals surface area (Å²) in [6.45, 7) is 9.64. The van der Waals surface area contributed by atoms with Gasteiger partial charge < -0.3 is 10.1 Å². The lowest BCUT2D eigenvalue weighted by Gasteiger charge is -2.26. The third kappa shape index (κ3) is 5.52. The van der Waals surface area contributed by atoms with Crippen LogP contribution in [-0.4, -0.2) is 11.7 Å². The lowest BCUT2D eigenvalue weighted by atomic mass is 9.96. The molecule has 19 heavy (non-hydrogen) atoms. The maximum atomic E-state index is 11.9. The molecule has 0 fully saturated rings. The number of hydrogen-bond acceptors (Lipinski definition) is 2. The predicted octanol–water partition coefficient (Wildman–Crippen LogP) is 4.56. The number of halogens is 1. The minimum absolute atomic E-state index is 0.0906. The Hall–Kier alpha value is -1.22. The number of ether oxygens (including phenoxy) is 1. The SMILES string of the molecule is CC(C)C(NC(=O)OC(C)(C)C)c1ccc(Cl)cc1. The van der Waals surface area contributed by atoms with Crippen molar-refractivity contribution in [3.05, 3.63) is 34.9 Å². The van der Waals surface area contributed by atoms with E-state index >= 15 is 0 Å². The largest absolute Gasteiger partial charge is 0.444 e. The van der Waals surface area contributed by atoms with Crippen molar-refractivity contribution < 1.29 is 9.53 Å². The maximum Gasteiger partial charge on any atom is 0.408 e. The van der Waals surface area contributed by atoms with Gasteiger partial charge >= 0.3 is 6.09 Å². The van der Waals surface area contributed by atoms with Crippen LogP contribution in [0, 0.1) is 5.92 Å². The van der Waals surface area contributed by atoms with Gasteiger partial charge in [-0.05, 0) is 44.4 Å². The zero-order valence-electron chi connectivity index (χ0n) is 12.2.